The Kier molecular flexibility index (Phi) is 7.16. The van der Waals surface area contributed by atoms with Gasteiger partial charge in [-0.2, -0.15) is 0 Å². The molecule has 0 saturated carbocycles. The zero-order valence-corrected chi connectivity index (χ0v) is 17.9. The van der Waals surface area contributed by atoms with Crippen LogP contribution < -0.4 is 15.4 Å². The molecule has 8 heteroatoms. The Morgan fingerprint density at radius 2 is 1.38 bits per heavy atom. The van der Waals surface area contributed by atoms with Gasteiger partial charge in [-0.25, -0.2) is 13.1 Å². The van der Waals surface area contributed by atoms with E-state index in [1.165, 1.54) is 31.2 Å². The van der Waals surface area contributed by atoms with Crippen molar-refractivity contribution < 1.29 is 18.0 Å². The molecule has 7 nitrogen and oxygen atoms in total. The first-order valence-corrected chi connectivity index (χ1v) is 10.7. The molecule has 0 spiro atoms. The molecule has 0 unspecified atom stereocenters. The van der Waals surface area contributed by atoms with Crippen molar-refractivity contribution in [2.24, 2.45) is 0 Å². The first-order valence-electron chi connectivity index (χ1n) is 9.25. The second-order valence-corrected chi connectivity index (χ2v) is 9.50. The van der Waals surface area contributed by atoms with Crippen molar-refractivity contribution in [3.8, 4) is 0 Å². The number of nitrogens with one attached hydrogen (secondary N) is 3. The van der Waals surface area contributed by atoms with Gasteiger partial charge in [0.2, 0.25) is 21.8 Å². The van der Waals surface area contributed by atoms with Crippen LogP contribution in [0.4, 0.5) is 11.4 Å². The third kappa shape index (κ3) is 6.99. The molecular weight excluding hydrogens is 390 g/mol. The number of carbonyl (C=O) groups is 2. The predicted molar refractivity (Wildman–Crippen MR) is 114 cm³/mol. The Morgan fingerprint density at radius 1 is 0.862 bits per heavy atom. The number of anilines is 2. The molecule has 29 heavy (non-hydrogen) atoms. The van der Waals surface area contributed by atoms with Gasteiger partial charge in [-0.3, -0.25) is 9.59 Å². The largest absolute Gasteiger partial charge is 0.326 e. The van der Waals surface area contributed by atoms with Gasteiger partial charge in [0.25, 0.3) is 0 Å². The van der Waals surface area contributed by atoms with E-state index in [1.54, 1.807) is 0 Å². The molecule has 0 aliphatic rings. The average molecular weight is 418 g/mol. The topological polar surface area (TPSA) is 104 Å². The number of amides is 2. The molecule has 2 aromatic carbocycles. The average Bonchev–Trinajstić information content (AvgIpc) is 2.61. The summed E-state index contributed by atoms with van der Waals surface area (Å²) in [5.74, 6) is -0.519. The Labute approximate surface area is 172 Å². The van der Waals surface area contributed by atoms with Gasteiger partial charge in [0.15, 0.2) is 0 Å². The highest BCUT2D eigenvalue weighted by atomic mass is 32.2. The molecule has 2 rings (SSSR count). The van der Waals surface area contributed by atoms with Crippen molar-refractivity contribution >= 4 is 33.2 Å². The molecular formula is C21H27N3O4S. The van der Waals surface area contributed by atoms with Gasteiger partial charge >= 0.3 is 0 Å². The van der Waals surface area contributed by atoms with E-state index in [-0.39, 0.29) is 35.1 Å². The maximum Gasteiger partial charge on any atom is 0.240 e. The van der Waals surface area contributed by atoms with Crippen LogP contribution in [-0.2, 0) is 25.0 Å². The van der Waals surface area contributed by atoms with Crippen LogP contribution in [0, 0.1) is 0 Å². The number of rotatable bonds is 7. The van der Waals surface area contributed by atoms with Gasteiger partial charge in [-0.1, -0.05) is 32.9 Å². The highest BCUT2D eigenvalue weighted by Crippen LogP contribution is 2.23. The summed E-state index contributed by atoms with van der Waals surface area (Å²) in [5.41, 5.74) is 2.36. The van der Waals surface area contributed by atoms with E-state index in [0.29, 0.717) is 11.4 Å². The van der Waals surface area contributed by atoms with Gasteiger partial charge in [0, 0.05) is 31.3 Å². The second kappa shape index (κ2) is 9.19. The summed E-state index contributed by atoms with van der Waals surface area (Å²) in [6.07, 6.45) is 0.00419. The number of hydrogen-bond acceptors (Lipinski definition) is 4. The fourth-order valence-electron chi connectivity index (χ4n) is 2.58. The fraction of sp³-hybridized carbons (Fsp3) is 0.333. The molecule has 156 valence electrons. The Bertz CT molecular complexity index is 960. The van der Waals surface area contributed by atoms with E-state index < -0.39 is 10.0 Å². The zero-order chi connectivity index (χ0) is 21.7. The number of hydrogen-bond donors (Lipinski definition) is 3. The standard InChI is InChI=1S/C21H27N3O4S/c1-15(25)23-17-9-11-19(12-10-17)29(27,28)22-14-13-20(26)24-18-7-5-16(6-8-18)21(2,3)4/h5-12,22H,13-14H2,1-4H3,(H,23,25)(H,24,26). The summed E-state index contributed by atoms with van der Waals surface area (Å²) in [7, 11) is -3.74. The minimum atomic E-state index is -3.74. The molecule has 0 aliphatic heterocycles. The first kappa shape index (κ1) is 22.6. The monoisotopic (exact) mass is 417 g/mol. The van der Waals surface area contributed by atoms with Crippen molar-refractivity contribution in [2.45, 2.75) is 44.4 Å². The number of sulfonamides is 1. The highest BCUT2D eigenvalue weighted by molar-refractivity contribution is 7.89. The second-order valence-electron chi connectivity index (χ2n) is 7.73. The van der Waals surface area contributed by atoms with E-state index in [2.05, 4.69) is 36.1 Å². The lowest BCUT2D eigenvalue weighted by Crippen LogP contribution is -2.27. The molecule has 3 N–H and O–H groups in total. The third-order valence-corrected chi connectivity index (χ3v) is 5.64. The molecule has 0 atom stereocenters. The van der Waals surface area contributed by atoms with Gasteiger partial charge < -0.3 is 10.6 Å². The molecule has 2 aromatic rings. The zero-order valence-electron chi connectivity index (χ0n) is 17.1. The van der Waals surface area contributed by atoms with Crippen LogP contribution in [0.3, 0.4) is 0 Å². The van der Waals surface area contributed by atoms with Crippen LogP contribution in [0.5, 0.6) is 0 Å². The Balaban J connectivity index is 1.86. The summed E-state index contributed by atoms with van der Waals surface area (Å²) in [6.45, 7) is 7.68. The minimum absolute atomic E-state index is 0.00419. The van der Waals surface area contributed by atoms with Gasteiger partial charge in [0.05, 0.1) is 4.90 Å². The van der Waals surface area contributed by atoms with E-state index in [4.69, 9.17) is 0 Å². The molecule has 2 amide bonds. The van der Waals surface area contributed by atoms with Crippen LogP contribution in [0.2, 0.25) is 0 Å². The molecule has 0 aromatic heterocycles. The normalized spacial score (nSPS) is 11.7. The van der Waals surface area contributed by atoms with Crippen molar-refractivity contribution in [3.63, 3.8) is 0 Å². The molecule has 0 bridgehead atoms. The Hall–Kier alpha value is -2.71. The summed E-state index contributed by atoms with van der Waals surface area (Å²) in [6, 6.07) is 13.4. The van der Waals surface area contributed by atoms with Crippen molar-refractivity contribution in [1.29, 1.82) is 0 Å². The first-order chi connectivity index (χ1) is 13.5. The van der Waals surface area contributed by atoms with Gasteiger partial charge in [-0.15, -0.1) is 0 Å². The van der Waals surface area contributed by atoms with Gasteiger partial charge in [-0.05, 0) is 47.4 Å². The van der Waals surface area contributed by atoms with Crippen molar-refractivity contribution in [2.75, 3.05) is 17.2 Å². The molecule has 0 radical (unpaired) electrons. The highest BCUT2D eigenvalue weighted by Gasteiger charge is 2.15. The molecule has 0 fully saturated rings. The maximum absolute atomic E-state index is 12.3. The maximum atomic E-state index is 12.3. The van der Waals surface area contributed by atoms with Crippen molar-refractivity contribution in [1.82, 2.24) is 4.72 Å². The van der Waals surface area contributed by atoms with Crippen LogP contribution in [0.1, 0.15) is 39.7 Å². The summed E-state index contributed by atoms with van der Waals surface area (Å²) in [4.78, 5) is 23.1. The molecule has 0 aliphatic carbocycles. The van der Waals surface area contributed by atoms with Crippen molar-refractivity contribution in [3.05, 3.63) is 54.1 Å². The van der Waals surface area contributed by atoms with E-state index in [0.717, 1.165) is 5.56 Å². The quantitative estimate of drug-likeness (QED) is 0.643. The minimum Gasteiger partial charge on any atom is -0.326 e. The van der Waals surface area contributed by atoms with E-state index >= 15 is 0 Å². The van der Waals surface area contributed by atoms with Crippen LogP contribution in [0.15, 0.2) is 53.4 Å². The van der Waals surface area contributed by atoms with E-state index in [9.17, 15) is 18.0 Å². The summed E-state index contributed by atoms with van der Waals surface area (Å²) < 4.78 is 27.0. The van der Waals surface area contributed by atoms with Gasteiger partial charge in [0.1, 0.15) is 0 Å². The van der Waals surface area contributed by atoms with E-state index in [1.807, 2.05) is 24.3 Å². The Morgan fingerprint density at radius 3 is 1.90 bits per heavy atom. The summed E-state index contributed by atoms with van der Waals surface area (Å²) >= 11 is 0. The number of benzene rings is 2. The lowest BCUT2D eigenvalue weighted by atomic mass is 9.87. The SMILES string of the molecule is CC(=O)Nc1ccc(S(=O)(=O)NCCC(=O)Nc2ccc(C(C)(C)C)cc2)cc1. The predicted octanol–water partition coefficient (Wildman–Crippen LogP) is 3.25. The summed E-state index contributed by atoms with van der Waals surface area (Å²) in [5, 5.41) is 5.33. The lowest BCUT2D eigenvalue weighted by molar-refractivity contribution is -0.116. The van der Waals surface area contributed by atoms with Crippen LogP contribution >= 0.6 is 0 Å². The molecule has 0 heterocycles. The third-order valence-electron chi connectivity index (χ3n) is 4.16. The number of carbonyl (C=O) groups excluding carboxylic acids is 2. The smallest absolute Gasteiger partial charge is 0.240 e. The van der Waals surface area contributed by atoms with Crippen LogP contribution in [0.25, 0.3) is 0 Å². The molecule has 0 saturated heterocycles. The van der Waals surface area contributed by atoms with Crippen LogP contribution in [-0.4, -0.2) is 26.8 Å². The fourth-order valence-corrected chi connectivity index (χ4v) is 3.61. The lowest BCUT2D eigenvalue weighted by Gasteiger charge is -2.19.